The Kier molecular flexibility index (Phi) is 7.89. The van der Waals surface area contributed by atoms with Crippen molar-refractivity contribution in [3.63, 3.8) is 0 Å². The van der Waals surface area contributed by atoms with Gasteiger partial charge in [-0.05, 0) is 26.2 Å². The van der Waals surface area contributed by atoms with Crippen LogP contribution in [0.2, 0.25) is 0 Å². The fraction of sp³-hybridized carbons (Fsp3) is 0.800. The Morgan fingerprint density at radius 3 is 2.14 bits per heavy atom. The van der Waals surface area contributed by atoms with Crippen LogP contribution in [0, 0.1) is 0 Å². The van der Waals surface area contributed by atoms with Crippen LogP contribution < -0.4 is 5.11 Å². The molecule has 0 unspecified atom stereocenters. The molecular weight excluding hydrogens is 184 g/mol. The second-order valence-electron chi connectivity index (χ2n) is 3.09. The molecule has 0 aliphatic carbocycles. The third-order valence-electron chi connectivity index (χ3n) is 1.82. The van der Waals surface area contributed by atoms with Crippen molar-refractivity contribution in [1.29, 1.82) is 0 Å². The number of unbranched alkanes of at least 4 members (excludes halogenated alkanes) is 3. The summed E-state index contributed by atoms with van der Waals surface area (Å²) in [5.41, 5.74) is 0. The number of carboxylic acid groups (broad SMARTS) is 1. The average molecular weight is 201 g/mol. The zero-order valence-electron chi connectivity index (χ0n) is 8.58. The van der Waals surface area contributed by atoms with Crippen molar-refractivity contribution in [2.24, 2.45) is 0 Å². The first kappa shape index (κ1) is 12.9. The van der Waals surface area contributed by atoms with Crippen LogP contribution in [0.25, 0.3) is 0 Å². The third kappa shape index (κ3) is 9.03. The van der Waals surface area contributed by atoms with E-state index in [-0.39, 0.29) is 12.4 Å². The van der Waals surface area contributed by atoms with Crippen LogP contribution in [0.5, 0.6) is 0 Å². The van der Waals surface area contributed by atoms with Gasteiger partial charge in [0.05, 0.1) is 6.61 Å². The summed E-state index contributed by atoms with van der Waals surface area (Å²) >= 11 is 0. The van der Waals surface area contributed by atoms with Gasteiger partial charge in [-0.3, -0.25) is 4.79 Å². The zero-order valence-corrected chi connectivity index (χ0v) is 8.58. The molecule has 0 atom stereocenters. The van der Waals surface area contributed by atoms with Gasteiger partial charge in [0.1, 0.15) is 0 Å². The standard InChI is InChI=1S/C10H18O4/c1-2-14-10(13)8-6-4-3-5-7-9(11)12/h2-8H2,1H3,(H,11,12)/p-1. The van der Waals surface area contributed by atoms with Gasteiger partial charge in [-0.2, -0.15) is 0 Å². The molecule has 0 aliphatic rings. The predicted molar refractivity (Wildman–Crippen MR) is 49.3 cm³/mol. The van der Waals surface area contributed by atoms with Crippen molar-refractivity contribution < 1.29 is 19.4 Å². The molecular formula is C10H17O4-. The minimum absolute atomic E-state index is 0.111. The van der Waals surface area contributed by atoms with Crippen LogP contribution in [0.4, 0.5) is 0 Å². The Morgan fingerprint density at radius 1 is 1.07 bits per heavy atom. The van der Waals surface area contributed by atoms with E-state index in [1.807, 2.05) is 0 Å². The number of hydrogen-bond donors (Lipinski definition) is 0. The highest BCUT2D eigenvalue weighted by atomic mass is 16.5. The first-order chi connectivity index (χ1) is 6.66. The number of esters is 1. The number of carbonyl (C=O) groups excluding carboxylic acids is 2. The lowest BCUT2D eigenvalue weighted by Crippen LogP contribution is -2.21. The van der Waals surface area contributed by atoms with Crippen molar-refractivity contribution in [3.8, 4) is 0 Å². The Labute approximate surface area is 84.3 Å². The van der Waals surface area contributed by atoms with Crippen molar-refractivity contribution in [2.75, 3.05) is 6.61 Å². The van der Waals surface area contributed by atoms with Crippen LogP contribution >= 0.6 is 0 Å². The third-order valence-corrected chi connectivity index (χ3v) is 1.82. The number of ether oxygens (including phenoxy) is 1. The lowest BCUT2D eigenvalue weighted by atomic mass is 10.1. The molecule has 0 saturated heterocycles. The van der Waals surface area contributed by atoms with Crippen molar-refractivity contribution in [3.05, 3.63) is 0 Å². The summed E-state index contributed by atoms with van der Waals surface area (Å²) in [5, 5.41) is 10.0. The Bertz CT molecular complexity index is 177. The molecule has 0 aliphatic heterocycles. The van der Waals surface area contributed by atoms with E-state index in [0.29, 0.717) is 19.4 Å². The molecule has 0 N–H and O–H groups in total. The number of carbonyl (C=O) groups is 2. The minimum Gasteiger partial charge on any atom is -0.550 e. The molecule has 82 valence electrons. The van der Waals surface area contributed by atoms with Gasteiger partial charge >= 0.3 is 5.97 Å². The number of rotatable bonds is 8. The molecule has 0 fully saturated rings. The zero-order chi connectivity index (χ0) is 10.8. The Balaban J connectivity index is 3.13. The maximum atomic E-state index is 10.9. The Hall–Kier alpha value is -1.06. The summed E-state index contributed by atoms with van der Waals surface area (Å²) in [4.78, 5) is 20.9. The maximum Gasteiger partial charge on any atom is 0.305 e. The maximum absolute atomic E-state index is 10.9. The molecule has 4 heteroatoms. The molecule has 0 bridgehead atoms. The normalized spacial score (nSPS) is 9.79. The highest BCUT2D eigenvalue weighted by molar-refractivity contribution is 5.69. The summed E-state index contributed by atoms with van der Waals surface area (Å²) in [6, 6.07) is 0. The first-order valence-corrected chi connectivity index (χ1v) is 5.02. The summed E-state index contributed by atoms with van der Waals surface area (Å²) < 4.78 is 4.74. The molecule has 0 heterocycles. The van der Waals surface area contributed by atoms with E-state index < -0.39 is 5.97 Å². The second-order valence-corrected chi connectivity index (χ2v) is 3.09. The van der Waals surface area contributed by atoms with Crippen LogP contribution in [0.3, 0.4) is 0 Å². The predicted octanol–water partition coefficient (Wildman–Crippen LogP) is 0.640. The van der Waals surface area contributed by atoms with Crippen LogP contribution in [-0.2, 0) is 14.3 Å². The van der Waals surface area contributed by atoms with E-state index in [1.165, 1.54) is 0 Å². The second kappa shape index (κ2) is 8.53. The fourth-order valence-electron chi connectivity index (χ4n) is 1.13. The fourth-order valence-corrected chi connectivity index (χ4v) is 1.13. The van der Waals surface area contributed by atoms with E-state index in [1.54, 1.807) is 6.92 Å². The summed E-state index contributed by atoms with van der Waals surface area (Å²) in [6.45, 7) is 2.20. The van der Waals surface area contributed by atoms with Gasteiger partial charge in [-0.25, -0.2) is 0 Å². The molecule has 0 aromatic carbocycles. The van der Waals surface area contributed by atoms with Crippen molar-refractivity contribution in [1.82, 2.24) is 0 Å². The van der Waals surface area contributed by atoms with E-state index in [9.17, 15) is 14.7 Å². The lowest BCUT2D eigenvalue weighted by Gasteiger charge is -2.02. The van der Waals surface area contributed by atoms with Gasteiger partial charge < -0.3 is 14.6 Å². The molecule has 0 amide bonds. The molecule has 0 radical (unpaired) electrons. The molecule has 4 nitrogen and oxygen atoms in total. The monoisotopic (exact) mass is 201 g/mol. The van der Waals surface area contributed by atoms with Crippen molar-refractivity contribution in [2.45, 2.75) is 45.4 Å². The summed E-state index contributed by atoms with van der Waals surface area (Å²) in [5.74, 6) is -1.18. The van der Waals surface area contributed by atoms with Gasteiger partial charge in [0.2, 0.25) is 0 Å². The molecule has 0 saturated carbocycles. The Morgan fingerprint density at radius 2 is 1.64 bits per heavy atom. The van der Waals surface area contributed by atoms with Gasteiger partial charge in [-0.15, -0.1) is 0 Å². The largest absolute Gasteiger partial charge is 0.550 e. The topological polar surface area (TPSA) is 66.4 Å². The molecule has 0 rings (SSSR count). The van der Waals surface area contributed by atoms with Gasteiger partial charge in [-0.1, -0.05) is 12.8 Å². The van der Waals surface area contributed by atoms with E-state index >= 15 is 0 Å². The highest BCUT2D eigenvalue weighted by Gasteiger charge is 2.00. The number of carboxylic acids is 1. The lowest BCUT2D eigenvalue weighted by molar-refractivity contribution is -0.305. The molecule has 0 aromatic heterocycles. The average Bonchev–Trinajstić information content (AvgIpc) is 2.11. The summed E-state index contributed by atoms with van der Waals surface area (Å²) in [6.07, 6.45) is 3.63. The van der Waals surface area contributed by atoms with Crippen molar-refractivity contribution >= 4 is 11.9 Å². The van der Waals surface area contributed by atoms with E-state index in [2.05, 4.69) is 0 Å². The smallest absolute Gasteiger partial charge is 0.305 e. The van der Waals surface area contributed by atoms with Gasteiger partial charge in [0, 0.05) is 12.4 Å². The van der Waals surface area contributed by atoms with Crippen LogP contribution in [0.15, 0.2) is 0 Å². The minimum atomic E-state index is -1.00. The molecule has 0 aromatic rings. The molecule has 0 spiro atoms. The molecule has 14 heavy (non-hydrogen) atoms. The number of aliphatic carboxylic acids is 1. The first-order valence-electron chi connectivity index (χ1n) is 5.02. The summed E-state index contributed by atoms with van der Waals surface area (Å²) in [7, 11) is 0. The quantitative estimate of drug-likeness (QED) is 0.427. The highest BCUT2D eigenvalue weighted by Crippen LogP contribution is 2.05. The van der Waals surface area contributed by atoms with Crippen LogP contribution in [0.1, 0.15) is 45.4 Å². The van der Waals surface area contributed by atoms with Gasteiger partial charge in [0.15, 0.2) is 0 Å². The van der Waals surface area contributed by atoms with Gasteiger partial charge in [0.25, 0.3) is 0 Å². The number of hydrogen-bond acceptors (Lipinski definition) is 4. The van der Waals surface area contributed by atoms with E-state index in [4.69, 9.17) is 4.74 Å². The SMILES string of the molecule is CCOC(=O)CCCCCCC(=O)[O-]. The van der Waals surface area contributed by atoms with E-state index in [0.717, 1.165) is 19.3 Å². The van der Waals surface area contributed by atoms with Crippen LogP contribution in [-0.4, -0.2) is 18.5 Å².